The molecule has 0 aliphatic carbocycles. The van der Waals surface area contributed by atoms with Crippen LogP contribution in [0.1, 0.15) is 15.9 Å². The maximum Gasteiger partial charge on any atom is 0.335 e. The molecule has 1 aromatic rings. The number of rotatable bonds is 3. The van der Waals surface area contributed by atoms with Crippen LogP contribution >= 0.6 is 11.6 Å². The largest absolute Gasteiger partial charge is 0.478 e. The lowest BCUT2D eigenvalue weighted by Crippen LogP contribution is -1.96. The first-order valence-electron chi connectivity index (χ1n) is 4.04. The second-order valence-corrected chi connectivity index (χ2v) is 3.15. The molecular formula is C10H10ClNO2. The summed E-state index contributed by atoms with van der Waals surface area (Å²) in [5, 5.41) is 9.16. The first kappa shape index (κ1) is 10.8. The maximum atomic E-state index is 10.7. The van der Waals surface area contributed by atoms with Crippen LogP contribution in [0.2, 0.25) is 5.02 Å². The Morgan fingerprint density at radius 1 is 1.50 bits per heavy atom. The number of nitrogens with two attached hydrogens (primary N) is 1. The van der Waals surface area contributed by atoms with Crippen molar-refractivity contribution in [3.05, 3.63) is 40.4 Å². The number of halogens is 1. The summed E-state index contributed by atoms with van der Waals surface area (Å²) in [5.74, 6) is -0.991. The summed E-state index contributed by atoms with van der Waals surface area (Å²) >= 11 is 5.74. The van der Waals surface area contributed by atoms with E-state index in [4.69, 9.17) is 22.4 Å². The van der Waals surface area contributed by atoms with Crippen LogP contribution < -0.4 is 5.73 Å². The van der Waals surface area contributed by atoms with Crippen molar-refractivity contribution in [3.63, 3.8) is 0 Å². The Balaban J connectivity index is 3.07. The number of benzene rings is 1. The van der Waals surface area contributed by atoms with Gasteiger partial charge in [-0.1, -0.05) is 23.8 Å². The van der Waals surface area contributed by atoms with Crippen molar-refractivity contribution in [2.24, 2.45) is 5.73 Å². The smallest absolute Gasteiger partial charge is 0.335 e. The van der Waals surface area contributed by atoms with Gasteiger partial charge in [0, 0.05) is 11.6 Å². The van der Waals surface area contributed by atoms with Gasteiger partial charge in [-0.05, 0) is 23.8 Å². The highest BCUT2D eigenvalue weighted by molar-refractivity contribution is 6.31. The predicted molar refractivity (Wildman–Crippen MR) is 56.5 cm³/mol. The fraction of sp³-hybridized carbons (Fsp3) is 0.100. The number of carboxylic acids is 1. The van der Waals surface area contributed by atoms with Crippen molar-refractivity contribution >= 4 is 23.6 Å². The van der Waals surface area contributed by atoms with Crippen LogP contribution in [0.15, 0.2) is 24.3 Å². The van der Waals surface area contributed by atoms with Gasteiger partial charge >= 0.3 is 5.97 Å². The highest BCUT2D eigenvalue weighted by Crippen LogP contribution is 2.16. The van der Waals surface area contributed by atoms with Gasteiger partial charge in [0.05, 0.1) is 5.56 Å². The molecule has 0 amide bonds. The van der Waals surface area contributed by atoms with Crippen LogP contribution in [-0.2, 0) is 0 Å². The molecule has 0 atom stereocenters. The molecule has 0 heterocycles. The van der Waals surface area contributed by atoms with Gasteiger partial charge in [-0.25, -0.2) is 4.79 Å². The minimum absolute atomic E-state index is 0.175. The van der Waals surface area contributed by atoms with Crippen LogP contribution in [0.4, 0.5) is 0 Å². The summed E-state index contributed by atoms with van der Waals surface area (Å²) in [7, 11) is 0. The number of hydrogen-bond acceptors (Lipinski definition) is 2. The van der Waals surface area contributed by atoms with Crippen molar-refractivity contribution in [2.75, 3.05) is 6.54 Å². The van der Waals surface area contributed by atoms with Crippen molar-refractivity contribution in [3.8, 4) is 0 Å². The summed E-state index contributed by atoms with van der Waals surface area (Å²) in [6.45, 7) is 0.412. The summed E-state index contributed by atoms with van der Waals surface area (Å²) in [5.41, 5.74) is 6.19. The molecule has 0 aromatic heterocycles. The van der Waals surface area contributed by atoms with Crippen LogP contribution in [0, 0.1) is 0 Å². The Bertz CT molecular complexity index is 374. The fourth-order valence-electron chi connectivity index (χ4n) is 1.04. The average Bonchev–Trinajstić information content (AvgIpc) is 2.14. The molecule has 0 saturated carbocycles. The molecule has 3 N–H and O–H groups in total. The highest BCUT2D eigenvalue weighted by Gasteiger charge is 2.04. The molecule has 74 valence electrons. The standard InChI is InChI=1S/C10H10ClNO2/c11-9-5-7(2-1-3-12)4-8(6-9)10(13)14/h1-2,4-6H,3,12H2,(H,13,14). The summed E-state index contributed by atoms with van der Waals surface area (Å²) < 4.78 is 0. The van der Waals surface area contributed by atoms with Gasteiger partial charge in [0.1, 0.15) is 0 Å². The zero-order valence-corrected chi connectivity index (χ0v) is 8.16. The maximum absolute atomic E-state index is 10.7. The summed E-state index contributed by atoms with van der Waals surface area (Å²) in [4.78, 5) is 10.7. The Labute approximate surface area is 86.8 Å². The van der Waals surface area contributed by atoms with E-state index in [1.807, 2.05) is 0 Å². The first-order chi connectivity index (χ1) is 6.63. The highest BCUT2D eigenvalue weighted by atomic mass is 35.5. The zero-order valence-electron chi connectivity index (χ0n) is 7.40. The van der Waals surface area contributed by atoms with E-state index < -0.39 is 5.97 Å². The number of hydrogen-bond donors (Lipinski definition) is 2. The fourth-order valence-corrected chi connectivity index (χ4v) is 1.28. The van der Waals surface area contributed by atoms with Crippen molar-refractivity contribution in [1.82, 2.24) is 0 Å². The quantitative estimate of drug-likeness (QED) is 0.804. The Hall–Kier alpha value is -1.32. The van der Waals surface area contributed by atoms with E-state index in [-0.39, 0.29) is 5.56 Å². The van der Waals surface area contributed by atoms with E-state index >= 15 is 0 Å². The van der Waals surface area contributed by atoms with Crippen molar-refractivity contribution in [1.29, 1.82) is 0 Å². The Kier molecular flexibility index (Phi) is 3.68. The van der Waals surface area contributed by atoms with E-state index in [1.165, 1.54) is 6.07 Å². The zero-order chi connectivity index (χ0) is 10.6. The van der Waals surface area contributed by atoms with Gasteiger partial charge in [-0.3, -0.25) is 0 Å². The molecule has 1 aromatic carbocycles. The molecule has 0 spiro atoms. The SMILES string of the molecule is NCC=Cc1cc(Cl)cc(C(=O)O)c1. The molecule has 0 bridgehead atoms. The van der Waals surface area contributed by atoms with E-state index in [0.717, 1.165) is 5.56 Å². The summed E-state index contributed by atoms with van der Waals surface area (Å²) in [6, 6.07) is 4.63. The molecule has 4 heteroatoms. The molecule has 1 rings (SSSR count). The van der Waals surface area contributed by atoms with E-state index in [1.54, 1.807) is 24.3 Å². The van der Waals surface area contributed by atoms with E-state index in [0.29, 0.717) is 11.6 Å². The van der Waals surface area contributed by atoms with Crippen LogP contribution in [0.3, 0.4) is 0 Å². The lowest BCUT2D eigenvalue weighted by Gasteiger charge is -1.99. The van der Waals surface area contributed by atoms with E-state index in [9.17, 15) is 4.79 Å². The van der Waals surface area contributed by atoms with Crippen LogP contribution in [-0.4, -0.2) is 17.6 Å². The second-order valence-electron chi connectivity index (χ2n) is 2.72. The molecule has 0 unspecified atom stereocenters. The van der Waals surface area contributed by atoms with Crippen LogP contribution in [0.25, 0.3) is 6.08 Å². The molecule has 14 heavy (non-hydrogen) atoms. The third kappa shape index (κ3) is 2.87. The molecule has 0 aliphatic rings. The molecular weight excluding hydrogens is 202 g/mol. The lowest BCUT2D eigenvalue weighted by molar-refractivity contribution is 0.0697. The Morgan fingerprint density at radius 2 is 2.21 bits per heavy atom. The molecule has 3 nitrogen and oxygen atoms in total. The van der Waals surface area contributed by atoms with Crippen molar-refractivity contribution in [2.45, 2.75) is 0 Å². The average molecular weight is 212 g/mol. The minimum atomic E-state index is -0.991. The number of aromatic carboxylic acids is 1. The van der Waals surface area contributed by atoms with Gasteiger partial charge in [0.2, 0.25) is 0 Å². The minimum Gasteiger partial charge on any atom is -0.478 e. The molecule has 0 aliphatic heterocycles. The normalized spacial score (nSPS) is 10.7. The van der Waals surface area contributed by atoms with Gasteiger partial charge in [-0.2, -0.15) is 0 Å². The first-order valence-corrected chi connectivity index (χ1v) is 4.42. The molecule has 0 fully saturated rings. The number of carboxylic acid groups (broad SMARTS) is 1. The number of carbonyl (C=O) groups is 1. The van der Waals surface area contributed by atoms with Crippen molar-refractivity contribution < 1.29 is 9.90 Å². The summed E-state index contributed by atoms with van der Waals surface area (Å²) in [6.07, 6.45) is 3.47. The third-order valence-electron chi connectivity index (χ3n) is 1.61. The predicted octanol–water partition coefficient (Wildman–Crippen LogP) is 2.01. The van der Waals surface area contributed by atoms with Gasteiger partial charge < -0.3 is 10.8 Å². The topological polar surface area (TPSA) is 63.3 Å². The Morgan fingerprint density at radius 3 is 2.79 bits per heavy atom. The lowest BCUT2D eigenvalue weighted by atomic mass is 10.1. The van der Waals surface area contributed by atoms with Gasteiger partial charge in [0.15, 0.2) is 0 Å². The van der Waals surface area contributed by atoms with Gasteiger partial charge in [-0.15, -0.1) is 0 Å². The molecule has 0 radical (unpaired) electrons. The third-order valence-corrected chi connectivity index (χ3v) is 1.83. The van der Waals surface area contributed by atoms with Gasteiger partial charge in [0.25, 0.3) is 0 Å². The van der Waals surface area contributed by atoms with Crippen LogP contribution in [0.5, 0.6) is 0 Å². The van der Waals surface area contributed by atoms with E-state index in [2.05, 4.69) is 0 Å². The monoisotopic (exact) mass is 211 g/mol. The second kappa shape index (κ2) is 4.79. The molecule has 0 saturated heterocycles.